The van der Waals surface area contributed by atoms with E-state index in [4.69, 9.17) is 16.0 Å². The van der Waals surface area contributed by atoms with Crippen LogP contribution in [0.5, 0.6) is 0 Å². The molecule has 0 radical (unpaired) electrons. The Hall–Kier alpha value is -2.60. The summed E-state index contributed by atoms with van der Waals surface area (Å²) in [5.74, 6) is -0.301. The van der Waals surface area contributed by atoms with Gasteiger partial charge in [-0.1, -0.05) is 23.7 Å². The van der Waals surface area contributed by atoms with Gasteiger partial charge in [0.2, 0.25) is 5.91 Å². The lowest BCUT2D eigenvalue weighted by Gasteiger charge is -2.05. The van der Waals surface area contributed by atoms with Crippen LogP contribution in [0, 0.1) is 0 Å². The Labute approximate surface area is 130 Å². The van der Waals surface area contributed by atoms with E-state index in [1.165, 1.54) is 10.8 Å². The summed E-state index contributed by atoms with van der Waals surface area (Å²) >= 11 is 5.73. The average molecular weight is 318 g/mol. The topological polar surface area (TPSA) is 77.1 Å². The number of para-hydroxylation sites is 2. The van der Waals surface area contributed by atoms with Crippen molar-refractivity contribution < 1.29 is 9.21 Å². The van der Waals surface area contributed by atoms with Crippen molar-refractivity contribution in [2.24, 2.45) is 0 Å². The SMILES string of the molecule is O=C(CCn1c(=O)oc2ccccc21)Nc1ccc(Cl)cn1. The Morgan fingerprint density at radius 3 is 2.86 bits per heavy atom. The van der Waals surface area contributed by atoms with Crippen molar-refractivity contribution in [3.63, 3.8) is 0 Å². The summed E-state index contributed by atoms with van der Waals surface area (Å²) in [6, 6.07) is 10.3. The highest BCUT2D eigenvalue weighted by molar-refractivity contribution is 6.30. The van der Waals surface area contributed by atoms with Gasteiger partial charge in [0.05, 0.1) is 10.5 Å². The van der Waals surface area contributed by atoms with Crippen molar-refractivity contribution in [3.05, 3.63) is 58.2 Å². The summed E-state index contributed by atoms with van der Waals surface area (Å²) in [5, 5.41) is 3.14. The fourth-order valence-electron chi connectivity index (χ4n) is 2.09. The lowest BCUT2D eigenvalue weighted by atomic mass is 10.3. The van der Waals surface area contributed by atoms with E-state index in [9.17, 15) is 9.59 Å². The van der Waals surface area contributed by atoms with Gasteiger partial charge in [0.1, 0.15) is 5.82 Å². The van der Waals surface area contributed by atoms with Gasteiger partial charge >= 0.3 is 5.76 Å². The maximum absolute atomic E-state index is 11.9. The molecule has 2 heterocycles. The van der Waals surface area contributed by atoms with Gasteiger partial charge < -0.3 is 9.73 Å². The fourth-order valence-corrected chi connectivity index (χ4v) is 2.21. The zero-order valence-corrected chi connectivity index (χ0v) is 12.2. The quantitative estimate of drug-likeness (QED) is 0.802. The van der Waals surface area contributed by atoms with Gasteiger partial charge in [-0.15, -0.1) is 0 Å². The standard InChI is InChI=1S/C15H12ClN3O3/c16-10-5-6-13(17-9-10)18-14(20)7-8-19-11-3-1-2-4-12(11)22-15(19)21/h1-6,9H,7-8H2,(H,17,18,20). The van der Waals surface area contributed by atoms with Crippen LogP contribution in [0.4, 0.5) is 5.82 Å². The summed E-state index contributed by atoms with van der Waals surface area (Å²) in [4.78, 5) is 27.7. The molecule has 0 aliphatic rings. The van der Waals surface area contributed by atoms with E-state index in [0.29, 0.717) is 21.9 Å². The van der Waals surface area contributed by atoms with Gasteiger partial charge in [0.25, 0.3) is 0 Å². The zero-order chi connectivity index (χ0) is 15.5. The monoisotopic (exact) mass is 317 g/mol. The minimum Gasteiger partial charge on any atom is -0.408 e. The molecule has 7 heteroatoms. The normalized spacial score (nSPS) is 10.8. The highest BCUT2D eigenvalue weighted by Gasteiger charge is 2.10. The Bertz CT molecular complexity index is 868. The molecule has 0 aliphatic carbocycles. The van der Waals surface area contributed by atoms with Crippen LogP contribution in [0.15, 0.2) is 51.8 Å². The van der Waals surface area contributed by atoms with Crippen LogP contribution in [0.25, 0.3) is 11.1 Å². The van der Waals surface area contributed by atoms with E-state index in [-0.39, 0.29) is 18.9 Å². The molecule has 1 amide bonds. The molecule has 2 aromatic heterocycles. The molecule has 22 heavy (non-hydrogen) atoms. The van der Waals surface area contributed by atoms with Gasteiger partial charge in [-0.3, -0.25) is 9.36 Å². The number of fused-ring (bicyclic) bond motifs is 1. The molecular weight excluding hydrogens is 306 g/mol. The van der Waals surface area contributed by atoms with Gasteiger partial charge in [0.15, 0.2) is 5.58 Å². The van der Waals surface area contributed by atoms with Crippen LogP contribution in [-0.2, 0) is 11.3 Å². The highest BCUT2D eigenvalue weighted by atomic mass is 35.5. The van der Waals surface area contributed by atoms with E-state index in [1.807, 2.05) is 6.07 Å². The molecule has 0 atom stereocenters. The van der Waals surface area contributed by atoms with E-state index < -0.39 is 5.76 Å². The molecule has 112 valence electrons. The zero-order valence-electron chi connectivity index (χ0n) is 11.5. The second kappa shape index (κ2) is 6.03. The minimum absolute atomic E-state index is 0.133. The molecule has 3 aromatic rings. The van der Waals surface area contributed by atoms with Gasteiger partial charge in [0, 0.05) is 19.2 Å². The lowest BCUT2D eigenvalue weighted by molar-refractivity contribution is -0.116. The summed E-state index contributed by atoms with van der Waals surface area (Å²) in [6.07, 6.45) is 1.58. The smallest absolute Gasteiger partial charge is 0.408 e. The van der Waals surface area contributed by atoms with Crippen LogP contribution < -0.4 is 11.1 Å². The van der Waals surface area contributed by atoms with E-state index in [2.05, 4.69) is 10.3 Å². The summed E-state index contributed by atoms with van der Waals surface area (Å²) in [7, 11) is 0. The second-order valence-corrected chi connectivity index (χ2v) is 5.08. The van der Waals surface area contributed by atoms with Crippen LogP contribution in [0.2, 0.25) is 5.02 Å². The number of halogens is 1. The molecule has 3 rings (SSSR count). The maximum Gasteiger partial charge on any atom is 0.419 e. The summed E-state index contributed by atoms with van der Waals surface area (Å²) in [5.41, 5.74) is 1.18. The van der Waals surface area contributed by atoms with Crippen LogP contribution in [0.1, 0.15) is 6.42 Å². The third-order valence-corrected chi connectivity index (χ3v) is 3.35. The van der Waals surface area contributed by atoms with E-state index in [1.54, 1.807) is 30.3 Å². The molecule has 0 bridgehead atoms. The number of amides is 1. The Balaban J connectivity index is 1.68. The predicted molar refractivity (Wildman–Crippen MR) is 83.0 cm³/mol. The number of hydrogen-bond acceptors (Lipinski definition) is 4. The number of benzene rings is 1. The number of hydrogen-bond donors (Lipinski definition) is 1. The van der Waals surface area contributed by atoms with Crippen molar-refractivity contribution in [3.8, 4) is 0 Å². The number of aryl methyl sites for hydroxylation is 1. The first-order valence-electron chi connectivity index (χ1n) is 6.63. The number of oxazole rings is 1. The van der Waals surface area contributed by atoms with Crippen molar-refractivity contribution in [1.82, 2.24) is 9.55 Å². The molecule has 6 nitrogen and oxygen atoms in total. The van der Waals surface area contributed by atoms with Crippen molar-refractivity contribution in [2.45, 2.75) is 13.0 Å². The highest BCUT2D eigenvalue weighted by Crippen LogP contribution is 2.13. The fraction of sp³-hybridized carbons (Fsp3) is 0.133. The molecule has 0 spiro atoms. The van der Waals surface area contributed by atoms with Crippen LogP contribution in [0.3, 0.4) is 0 Å². The number of carbonyl (C=O) groups excluding carboxylic acids is 1. The number of anilines is 1. The van der Waals surface area contributed by atoms with Gasteiger partial charge in [-0.25, -0.2) is 9.78 Å². The molecule has 0 fully saturated rings. The van der Waals surface area contributed by atoms with Crippen molar-refractivity contribution in [2.75, 3.05) is 5.32 Å². The molecule has 0 saturated heterocycles. The van der Waals surface area contributed by atoms with Crippen LogP contribution >= 0.6 is 11.6 Å². The molecule has 0 saturated carbocycles. The van der Waals surface area contributed by atoms with Crippen LogP contribution in [-0.4, -0.2) is 15.5 Å². The van der Waals surface area contributed by atoms with Crippen molar-refractivity contribution >= 4 is 34.4 Å². The Morgan fingerprint density at radius 2 is 2.09 bits per heavy atom. The number of pyridine rings is 1. The van der Waals surface area contributed by atoms with Gasteiger partial charge in [-0.05, 0) is 24.3 Å². The molecule has 1 N–H and O–H groups in total. The molecular formula is C15H12ClN3O3. The molecule has 1 aromatic carbocycles. The molecule has 0 aliphatic heterocycles. The number of aromatic nitrogens is 2. The maximum atomic E-state index is 11.9. The second-order valence-electron chi connectivity index (χ2n) is 4.65. The number of nitrogens with zero attached hydrogens (tertiary/aromatic N) is 2. The first-order valence-corrected chi connectivity index (χ1v) is 7.01. The summed E-state index contributed by atoms with van der Waals surface area (Å²) < 4.78 is 6.55. The first-order chi connectivity index (χ1) is 10.6. The van der Waals surface area contributed by atoms with E-state index >= 15 is 0 Å². The average Bonchev–Trinajstić information content (AvgIpc) is 2.83. The predicted octanol–water partition coefficient (Wildman–Crippen LogP) is 2.67. The number of carbonyl (C=O) groups is 1. The largest absolute Gasteiger partial charge is 0.419 e. The minimum atomic E-state index is -0.474. The number of rotatable bonds is 4. The number of nitrogens with one attached hydrogen (secondary N) is 1. The van der Waals surface area contributed by atoms with Gasteiger partial charge in [-0.2, -0.15) is 0 Å². The molecule has 0 unspecified atom stereocenters. The Morgan fingerprint density at radius 1 is 1.27 bits per heavy atom. The third kappa shape index (κ3) is 3.01. The lowest BCUT2D eigenvalue weighted by Crippen LogP contribution is -2.20. The first kappa shape index (κ1) is 14.3. The Kier molecular flexibility index (Phi) is 3.93. The van der Waals surface area contributed by atoms with Crippen molar-refractivity contribution in [1.29, 1.82) is 0 Å². The van der Waals surface area contributed by atoms with E-state index in [0.717, 1.165) is 0 Å². The summed E-state index contributed by atoms with van der Waals surface area (Å²) in [6.45, 7) is 0.231. The third-order valence-electron chi connectivity index (χ3n) is 3.13.